The van der Waals surface area contributed by atoms with E-state index < -0.39 is 34.7 Å². The summed E-state index contributed by atoms with van der Waals surface area (Å²) in [5.41, 5.74) is -0.651. The van der Waals surface area contributed by atoms with Crippen molar-refractivity contribution >= 4 is 17.7 Å². The minimum atomic E-state index is -0.716. The minimum absolute atomic E-state index is 0.00178. The van der Waals surface area contributed by atoms with Gasteiger partial charge in [0.1, 0.15) is 17.4 Å². The van der Waals surface area contributed by atoms with Crippen molar-refractivity contribution in [2.24, 2.45) is 5.92 Å². The Labute approximate surface area is 159 Å². The largest absolute Gasteiger partial charge is 0.502 e. The van der Waals surface area contributed by atoms with Crippen molar-refractivity contribution in [2.45, 2.75) is 36.8 Å². The molecule has 0 fully saturated rings. The highest BCUT2D eigenvalue weighted by Crippen LogP contribution is 2.34. The Kier molecular flexibility index (Phi) is 7.01. The average molecular weight is 398 g/mol. The van der Waals surface area contributed by atoms with Crippen LogP contribution in [0.25, 0.3) is 0 Å². The molecule has 1 N–H and O–H groups in total. The maximum absolute atomic E-state index is 13.7. The molecule has 0 amide bonds. The van der Waals surface area contributed by atoms with Gasteiger partial charge in [0, 0.05) is 22.9 Å². The summed E-state index contributed by atoms with van der Waals surface area (Å²) in [5.74, 6) is -2.83. The first-order valence-corrected chi connectivity index (χ1v) is 9.22. The summed E-state index contributed by atoms with van der Waals surface area (Å²) in [4.78, 5) is 24.0. The van der Waals surface area contributed by atoms with Crippen LogP contribution in [0.1, 0.15) is 37.7 Å². The summed E-state index contributed by atoms with van der Waals surface area (Å²) in [5, 5.41) is 10.1. The van der Waals surface area contributed by atoms with Crippen molar-refractivity contribution < 1.29 is 27.8 Å². The van der Waals surface area contributed by atoms with Crippen molar-refractivity contribution in [3.63, 3.8) is 0 Å². The van der Waals surface area contributed by atoms with E-state index in [4.69, 9.17) is 4.42 Å². The molecule has 0 spiro atoms. The SMILES string of the molecule is COC(=O)C[C@H](c1oc(CSc2ccc(F)cc2F)cc(=O)c1O)C(C)C. The number of hydrogen-bond donors (Lipinski definition) is 1. The van der Waals surface area contributed by atoms with Crippen LogP contribution in [0.2, 0.25) is 0 Å². The normalized spacial score (nSPS) is 12.2. The number of hydrogen-bond acceptors (Lipinski definition) is 6. The number of aromatic hydroxyl groups is 1. The van der Waals surface area contributed by atoms with Crippen LogP contribution in [0.15, 0.2) is 38.4 Å². The molecule has 146 valence electrons. The van der Waals surface area contributed by atoms with E-state index in [0.29, 0.717) is 0 Å². The first-order valence-electron chi connectivity index (χ1n) is 8.23. The van der Waals surface area contributed by atoms with E-state index in [9.17, 15) is 23.5 Å². The minimum Gasteiger partial charge on any atom is -0.502 e. The summed E-state index contributed by atoms with van der Waals surface area (Å²) < 4.78 is 37.1. The lowest BCUT2D eigenvalue weighted by Crippen LogP contribution is -2.16. The zero-order chi connectivity index (χ0) is 20.1. The van der Waals surface area contributed by atoms with Crippen molar-refractivity contribution in [3.05, 3.63) is 57.6 Å². The van der Waals surface area contributed by atoms with Gasteiger partial charge in [0.25, 0.3) is 0 Å². The van der Waals surface area contributed by atoms with Gasteiger partial charge in [-0.3, -0.25) is 9.59 Å². The van der Waals surface area contributed by atoms with Crippen LogP contribution < -0.4 is 5.43 Å². The third-order valence-corrected chi connectivity index (χ3v) is 5.09. The average Bonchev–Trinajstić information content (AvgIpc) is 2.61. The molecular formula is C19H20F2O5S. The zero-order valence-corrected chi connectivity index (χ0v) is 15.9. The van der Waals surface area contributed by atoms with Crippen LogP contribution in [-0.4, -0.2) is 18.2 Å². The van der Waals surface area contributed by atoms with Gasteiger partial charge in [-0.25, -0.2) is 8.78 Å². The molecule has 2 rings (SSSR count). The molecule has 0 aliphatic rings. The molecule has 0 saturated heterocycles. The Bertz CT molecular complexity index is 879. The lowest BCUT2D eigenvalue weighted by Gasteiger charge is -2.20. The van der Waals surface area contributed by atoms with Crippen LogP contribution in [0.3, 0.4) is 0 Å². The van der Waals surface area contributed by atoms with Crippen LogP contribution in [-0.2, 0) is 15.3 Å². The van der Waals surface area contributed by atoms with Crippen LogP contribution in [0.4, 0.5) is 8.78 Å². The van der Waals surface area contributed by atoms with E-state index in [1.165, 1.54) is 13.2 Å². The predicted molar refractivity (Wildman–Crippen MR) is 96.8 cm³/mol. The van der Waals surface area contributed by atoms with Gasteiger partial charge < -0.3 is 14.3 Å². The highest BCUT2D eigenvalue weighted by atomic mass is 32.2. The van der Waals surface area contributed by atoms with Gasteiger partial charge in [-0.1, -0.05) is 13.8 Å². The molecule has 0 radical (unpaired) electrons. The number of methoxy groups -OCH3 is 1. The highest BCUT2D eigenvalue weighted by molar-refractivity contribution is 7.98. The van der Waals surface area contributed by atoms with Gasteiger partial charge in [-0.15, -0.1) is 11.8 Å². The highest BCUT2D eigenvalue weighted by Gasteiger charge is 2.27. The van der Waals surface area contributed by atoms with Gasteiger partial charge in [0.2, 0.25) is 11.2 Å². The molecule has 2 aromatic rings. The van der Waals surface area contributed by atoms with Crippen molar-refractivity contribution in [1.82, 2.24) is 0 Å². The number of thioether (sulfide) groups is 1. The van der Waals surface area contributed by atoms with Crippen molar-refractivity contribution in [1.29, 1.82) is 0 Å². The maximum Gasteiger partial charge on any atom is 0.306 e. The lowest BCUT2D eigenvalue weighted by atomic mass is 9.89. The third kappa shape index (κ3) is 5.32. The molecule has 0 unspecified atom stereocenters. The van der Waals surface area contributed by atoms with E-state index >= 15 is 0 Å². The standard InChI is InChI=1S/C19H20F2O5S/c1-10(2)13(8-17(23)25-3)19-18(24)15(22)7-12(26-19)9-27-16-5-4-11(20)6-14(16)21/h4-7,10,13,24H,8-9H2,1-3H3/t13-/m0/s1. The first-order chi connectivity index (χ1) is 12.7. The molecule has 27 heavy (non-hydrogen) atoms. The Morgan fingerprint density at radius 1 is 1.30 bits per heavy atom. The molecule has 8 heteroatoms. The lowest BCUT2D eigenvalue weighted by molar-refractivity contribution is -0.141. The fourth-order valence-corrected chi connectivity index (χ4v) is 3.31. The summed E-state index contributed by atoms with van der Waals surface area (Å²) in [7, 11) is 1.25. The number of carbonyl (C=O) groups excluding carboxylic acids is 1. The molecule has 1 atom stereocenters. The smallest absolute Gasteiger partial charge is 0.306 e. The number of rotatable bonds is 7. The van der Waals surface area contributed by atoms with Gasteiger partial charge >= 0.3 is 5.97 Å². The number of esters is 1. The third-order valence-electron chi connectivity index (χ3n) is 4.02. The monoisotopic (exact) mass is 398 g/mol. The molecule has 0 saturated carbocycles. The van der Waals surface area contributed by atoms with E-state index in [-0.39, 0.29) is 34.5 Å². The number of ether oxygens (including phenoxy) is 1. The second-order valence-electron chi connectivity index (χ2n) is 6.28. The Morgan fingerprint density at radius 3 is 2.59 bits per heavy atom. The molecule has 1 aromatic heterocycles. The topological polar surface area (TPSA) is 76.7 Å². The van der Waals surface area contributed by atoms with E-state index in [1.807, 2.05) is 13.8 Å². The summed E-state index contributed by atoms with van der Waals surface area (Å²) in [6, 6.07) is 4.31. The zero-order valence-electron chi connectivity index (χ0n) is 15.1. The summed E-state index contributed by atoms with van der Waals surface area (Å²) in [6.45, 7) is 3.64. The molecule has 0 aliphatic heterocycles. The second kappa shape index (κ2) is 9.03. The Balaban J connectivity index is 2.31. The number of carbonyl (C=O) groups is 1. The number of halogens is 2. The van der Waals surface area contributed by atoms with Crippen molar-refractivity contribution in [2.75, 3.05) is 7.11 Å². The fraction of sp³-hybridized carbons (Fsp3) is 0.368. The fourth-order valence-electron chi connectivity index (χ4n) is 2.51. The van der Waals surface area contributed by atoms with Crippen LogP contribution >= 0.6 is 11.8 Å². The molecular weight excluding hydrogens is 378 g/mol. The van der Waals surface area contributed by atoms with Crippen LogP contribution in [0, 0.1) is 17.6 Å². The predicted octanol–water partition coefficient (Wildman–Crippen LogP) is 4.22. The summed E-state index contributed by atoms with van der Waals surface area (Å²) in [6.07, 6.45) is -0.0617. The van der Waals surface area contributed by atoms with Gasteiger partial charge in [0.05, 0.1) is 19.3 Å². The maximum atomic E-state index is 13.7. The molecule has 0 bridgehead atoms. The molecule has 5 nitrogen and oxygen atoms in total. The van der Waals surface area contributed by atoms with Crippen LogP contribution in [0.5, 0.6) is 5.75 Å². The number of benzene rings is 1. The second-order valence-corrected chi connectivity index (χ2v) is 7.30. The van der Waals surface area contributed by atoms with Gasteiger partial charge in [0.15, 0.2) is 5.76 Å². The van der Waals surface area contributed by atoms with Gasteiger partial charge in [-0.2, -0.15) is 0 Å². The molecule has 0 aliphatic carbocycles. The first kappa shape index (κ1) is 21.0. The van der Waals surface area contributed by atoms with E-state index in [2.05, 4.69) is 4.74 Å². The van der Waals surface area contributed by atoms with Crippen molar-refractivity contribution in [3.8, 4) is 5.75 Å². The Morgan fingerprint density at radius 2 is 2.00 bits per heavy atom. The van der Waals surface area contributed by atoms with Gasteiger partial charge in [-0.05, 0) is 18.1 Å². The quantitative estimate of drug-likeness (QED) is 0.556. The van der Waals surface area contributed by atoms with E-state index in [1.54, 1.807) is 0 Å². The van der Waals surface area contributed by atoms with E-state index in [0.717, 1.165) is 30.0 Å². The molecule has 1 heterocycles. The Hall–Kier alpha value is -2.35. The molecule has 1 aromatic carbocycles. The summed E-state index contributed by atoms with van der Waals surface area (Å²) >= 11 is 1.02.